The van der Waals surface area contributed by atoms with Crippen LogP contribution in [-0.4, -0.2) is 51.0 Å². The number of aromatic amines is 1. The number of nitrogens with one attached hydrogen (secondary N) is 3. The second kappa shape index (κ2) is 8.93. The summed E-state index contributed by atoms with van der Waals surface area (Å²) in [7, 11) is 0. The van der Waals surface area contributed by atoms with Crippen molar-refractivity contribution in [2.75, 3.05) is 6.54 Å². The smallest absolute Gasteiger partial charge is 0.300 e. The Morgan fingerprint density at radius 1 is 1.38 bits per heavy atom. The van der Waals surface area contributed by atoms with Crippen LogP contribution in [0.5, 0.6) is 0 Å². The summed E-state index contributed by atoms with van der Waals surface area (Å²) < 4.78 is 0. The topological polar surface area (TPSA) is 120 Å². The molecule has 0 radical (unpaired) electrons. The fourth-order valence-electron chi connectivity index (χ4n) is 3.78. The van der Waals surface area contributed by atoms with Crippen LogP contribution in [0.1, 0.15) is 52.1 Å². The van der Waals surface area contributed by atoms with Crippen LogP contribution >= 0.6 is 0 Å². The van der Waals surface area contributed by atoms with Crippen molar-refractivity contribution in [2.24, 2.45) is 5.41 Å². The molecule has 8 heteroatoms. The summed E-state index contributed by atoms with van der Waals surface area (Å²) in [5, 5.41) is 24.5. The summed E-state index contributed by atoms with van der Waals surface area (Å²) in [6, 6.07) is 0.831. The van der Waals surface area contributed by atoms with Gasteiger partial charge in [-0.15, -0.1) is 0 Å². The third-order valence-corrected chi connectivity index (χ3v) is 4.98. The Bertz CT molecular complexity index is 635. The number of rotatable bonds is 6. The Labute approximate surface area is 153 Å². The van der Waals surface area contributed by atoms with E-state index in [0.29, 0.717) is 25.0 Å². The number of amides is 1. The van der Waals surface area contributed by atoms with Gasteiger partial charge in [0.15, 0.2) is 0 Å². The maximum atomic E-state index is 12.9. The lowest BCUT2D eigenvalue weighted by Crippen LogP contribution is -2.48. The van der Waals surface area contributed by atoms with E-state index in [4.69, 9.17) is 9.90 Å². The van der Waals surface area contributed by atoms with Crippen molar-refractivity contribution >= 4 is 11.9 Å². The Balaban J connectivity index is 0.000000552. The minimum absolute atomic E-state index is 0.188. The maximum Gasteiger partial charge on any atom is 0.300 e. The van der Waals surface area contributed by atoms with Crippen molar-refractivity contribution in [1.82, 2.24) is 26.0 Å². The van der Waals surface area contributed by atoms with Crippen LogP contribution in [0.15, 0.2) is 17.8 Å². The highest BCUT2D eigenvalue weighted by Crippen LogP contribution is 2.46. The van der Waals surface area contributed by atoms with E-state index in [1.54, 1.807) is 6.20 Å². The van der Waals surface area contributed by atoms with E-state index in [1.807, 2.05) is 0 Å². The number of carboxylic acids is 1. The zero-order valence-electron chi connectivity index (χ0n) is 15.7. The predicted octanol–water partition coefficient (Wildman–Crippen LogP) is 1.42. The summed E-state index contributed by atoms with van der Waals surface area (Å²) in [5.74, 6) is -0.645. The molecule has 3 atom stereocenters. The van der Waals surface area contributed by atoms with Crippen LogP contribution in [0.2, 0.25) is 0 Å². The van der Waals surface area contributed by atoms with Crippen molar-refractivity contribution in [1.29, 1.82) is 0 Å². The summed E-state index contributed by atoms with van der Waals surface area (Å²) in [4.78, 5) is 21.9. The van der Waals surface area contributed by atoms with Gasteiger partial charge in [0.05, 0.1) is 17.3 Å². The van der Waals surface area contributed by atoms with Crippen molar-refractivity contribution < 1.29 is 14.7 Å². The Kier molecular flexibility index (Phi) is 6.90. The number of aromatic nitrogens is 3. The Hall–Kier alpha value is -2.22. The summed E-state index contributed by atoms with van der Waals surface area (Å²) >= 11 is 0. The van der Waals surface area contributed by atoms with Gasteiger partial charge in [-0.05, 0) is 39.5 Å². The van der Waals surface area contributed by atoms with E-state index in [1.165, 1.54) is 12.0 Å². The zero-order valence-corrected chi connectivity index (χ0v) is 15.7. The van der Waals surface area contributed by atoms with Gasteiger partial charge in [0, 0.05) is 32.0 Å². The van der Waals surface area contributed by atoms with E-state index in [9.17, 15) is 4.79 Å². The number of carbonyl (C=O) groups excluding carboxylic acids is 1. The molecule has 0 unspecified atom stereocenters. The molecule has 144 valence electrons. The first kappa shape index (κ1) is 20.1. The monoisotopic (exact) mass is 363 g/mol. The summed E-state index contributed by atoms with van der Waals surface area (Å²) in [5.41, 5.74) is 1.88. The first-order valence-corrected chi connectivity index (χ1v) is 9.05. The average molecular weight is 363 g/mol. The molecule has 3 heterocycles. The fraction of sp³-hybridized carbons (Fsp3) is 0.667. The molecule has 8 nitrogen and oxygen atoms in total. The highest BCUT2D eigenvalue weighted by atomic mass is 16.4. The van der Waals surface area contributed by atoms with E-state index in [0.717, 1.165) is 31.9 Å². The number of carbonyl (C=O) groups is 2. The number of carboxylic acid groups (broad SMARTS) is 1. The minimum atomic E-state index is -0.833. The number of hydrogen-bond donors (Lipinski definition) is 4. The molecule has 0 spiro atoms. The highest BCUT2D eigenvalue weighted by molar-refractivity contribution is 5.84. The van der Waals surface area contributed by atoms with Crippen LogP contribution in [0.4, 0.5) is 0 Å². The first-order chi connectivity index (χ1) is 12.3. The van der Waals surface area contributed by atoms with Crippen LogP contribution in [0, 0.1) is 5.41 Å². The molecular weight excluding hydrogens is 334 g/mol. The third kappa shape index (κ3) is 5.14. The second-order valence-corrected chi connectivity index (χ2v) is 7.33. The molecule has 2 saturated heterocycles. The van der Waals surface area contributed by atoms with Gasteiger partial charge in [-0.25, -0.2) is 0 Å². The summed E-state index contributed by atoms with van der Waals surface area (Å²) in [6.07, 6.45) is 8.72. The first-order valence-electron chi connectivity index (χ1n) is 9.05. The second-order valence-electron chi connectivity index (χ2n) is 7.33. The number of hydrogen-bond acceptors (Lipinski definition) is 5. The van der Waals surface area contributed by atoms with Crippen molar-refractivity contribution in [3.63, 3.8) is 0 Å². The predicted molar refractivity (Wildman–Crippen MR) is 97.4 cm³/mol. The van der Waals surface area contributed by atoms with E-state index in [-0.39, 0.29) is 11.3 Å². The lowest BCUT2D eigenvalue weighted by molar-refractivity contribution is -0.134. The van der Waals surface area contributed by atoms with Crippen LogP contribution in [0.3, 0.4) is 0 Å². The quantitative estimate of drug-likeness (QED) is 0.568. The molecule has 1 aromatic heterocycles. The molecule has 0 saturated carbocycles. The number of fused-ring (bicyclic) bond motifs is 2. The van der Waals surface area contributed by atoms with Gasteiger partial charge in [-0.3, -0.25) is 9.59 Å². The summed E-state index contributed by atoms with van der Waals surface area (Å²) in [6.45, 7) is 5.88. The lowest BCUT2D eigenvalue weighted by Gasteiger charge is -2.34. The standard InChI is InChI=1S/C16H25N5O.C2H4O2/c1-11(2)5-7-16(9-12-3-4-14(16)19-12)15(22)17-8-6-13-10-18-21-20-13;1-2(3)4/h5,10,12,14,19H,3-4,6-9H2,1-2H3,(H,17,22)(H,18,20,21);1H3,(H,3,4)/t12-,14+,16+;/m0./s1. The maximum absolute atomic E-state index is 12.9. The van der Waals surface area contributed by atoms with Gasteiger partial charge in [0.2, 0.25) is 5.91 Å². The minimum Gasteiger partial charge on any atom is -0.481 e. The molecule has 4 N–H and O–H groups in total. The van der Waals surface area contributed by atoms with Gasteiger partial charge in [0.1, 0.15) is 0 Å². The molecule has 2 fully saturated rings. The molecule has 1 amide bonds. The molecule has 2 bridgehead atoms. The van der Waals surface area contributed by atoms with Gasteiger partial charge in [-0.2, -0.15) is 15.4 Å². The Morgan fingerprint density at radius 2 is 2.12 bits per heavy atom. The van der Waals surface area contributed by atoms with Gasteiger partial charge in [0.25, 0.3) is 5.97 Å². The van der Waals surface area contributed by atoms with Crippen molar-refractivity contribution in [3.8, 4) is 0 Å². The average Bonchev–Trinajstić information content (AvgIpc) is 3.29. The van der Waals surface area contributed by atoms with Crippen LogP contribution in [-0.2, 0) is 16.0 Å². The molecule has 1 aromatic rings. The van der Waals surface area contributed by atoms with Gasteiger partial charge in [-0.1, -0.05) is 11.6 Å². The van der Waals surface area contributed by atoms with Crippen LogP contribution in [0.25, 0.3) is 0 Å². The largest absolute Gasteiger partial charge is 0.481 e. The van der Waals surface area contributed by atoms with Crippen LogP contribution < -0.4 is 10.6 Å². The fourth-order valence-corrected chi connectivity index (χ4v) is 3.78. The third-order valence-electron chi connectivity index (χ3n) is 4.98. The van der Waals surface area contributed by atoms with Crippen molar-refractivity contribution in [3.05, 3.63) is 23.5 Å². The SMILES string of the molecule is CC(=O)O.CC(C)=CC[C@@]1(C(=O)NCCc2cn[nH]n2)C[C@@H]2CC[C@H]1N2. The Morgan fingerprint density at radius 3 is 2.62 bits per heavy atom. The zero-order chi connectivity index (χ0) is 19.2. The number of nitrogens with zero attached hydrogens (tertiary/aromatic N) is 2. The number of allylic oxidation sites excluding steroid dienone is 2. The molecular formula is C18H29N5O3. The molecule has 2 aliphatic rings. The van der Waals surface area contributed by atoms with Gasteiger partial charge < -0.3 is 15.7 Å². The molecule has 0 aromatic carbocycles. The molecule has 2 aliphatic heterocycles. The van der Waals surface area contributed by atoms with Crippen molar-refractivity contribution in [2.45, 2.75) is 65.0 Å². The van der Waals surface area contributed by atoms with Gasteiger partial charge >= 0.3 is 0 Å². The molecule has 0 aliphatic carbocycles. The number of H-pyrrole nitrogens is 1. The van der Waals surface area contributed by atoms with E-state index in [2.05, 4.69) is 46.0 Å². The van der Waals surface area contributed by atoms with E-state index >= 15 is 0 Å². The highest BCUT2D eigenvalue weighted by Gasteiger charge is 2.54. The normalized spacial score (nSPS) is 26.0. The lowest BCUT2D eigenvalue weighted by atomic mass is 9.70. The van der Waals surface area contributed by atoms with E-state index < -0.39 is 5.97 Å². The molecule has 26 heavy (non-hydrogen) atoms. The number of aliphatic carboxylic acids is 1. The molecule has 3 rings (SSSR count).